The fraction of sp³-hybridized carbons (Fsp3) is 0.600. The zero-order chi connectivity index (χ0) is 15.9. The van der Waals surface area contributed by atoms with Crippen molar-refractivity contribution in [3.63, 3.8) is 0 Å². The zero-order valence-electron chi connectivity index (χ0n) is 10.5. The number of esters is 2. The molecule has 9 nitrogen and oxygen atoms in total. The van der Waals surface area contributed by atoms with E-state index in [9.17, 15) is 19.2 Å². The lowest BCUT2D eigenvalue weighted by Crippen LogP contribution is -2.50. The number of aliphatic carboxylic acids is 1. The molecule has 0 saturated heterocycles. The normalized spacial score (nSPS) is 15.0. The second-order valence-electron chi connectivity index (χ2n) is 3.91. The molecule has 0 radical (unpaired) electrons. The summed E-state index contributed by atoms with van der Waals surface area (Å²) in [7, 11) is 0. The summed E-state index contributed by atoms with van der Waals surface area (Å²) in [5.41, 5.74) is 15.8. The standard InChI is InChI=1S/C10H17N3O6S/c11-3-6(16)19-10(18)7(13)9(20)8(17)4(12)1-2-5(14)15/h4,7,9,20H,1-3,11-13H2,(H,14,15)/t4-,7-,9?/m0/s1. The molecule has 0 aliphatic carbocycles. The summed E-state index contributed by atoms with van der Waals surface area (Å²) < 4.78 is 4.25. The van der Waals surface area contributed by atoms with Gasteiger partial charge in [-0.15, -0.1) is 0 Å². The van der Waals surface area contributed by atoms with Crippen LogP contribution in [0.1, 0.15) is 12.8 Å². The molecular weight excluding hydrogens is 290 g/mol. The van der Waals surface area contributed by atoms with Gasteiger partial charge in [0.25, 0.3) is 0 Å². The van der Waals surface area contributed by atoms with E-state index < -0.39 is 47.6 Å². The summed E-state index contributed by atoms with van der Waals surface area (Å²) in [4.78, 5) is 44.3. The average Bonchev–Trinajstić information content (AvgIpc) is 2.41. The van der Waals surface area contributed by atoms with Crippen LogP contribution in [0.5, 0.6) is 0 Å². The van der Waals surface area contributed by atoms with Crippen LogP contribution in [-0.4, -0.2) is 52.7 Å². The molecule has 0 spiro atoms. The molecule has 0 aromatic heterocycles. The van der Waals surface area contributed by atoms with E-state index in [1.807, 2.05) is 0 Å². The number of nitrogens with two attached hydrogens (primary N) is 3. The zero-order valence-corrected chi connectivity index (χ0v) is 11.4. The number of carboxylic acids is 1. The van der Waals surface area contributed by atoms with Crippen LogP contribution in [0.4, 0.5) is 0 Å². The summed E-state index contributed by atoms with van der Waals surface area (Å²) in [6.45, 7) is -0.512. The lowest BCUT2D eigenvalue weighted by molar-refractivity contribution is -0.160. The van der Waals surface area contributed by atoms with Crippen LogP contribution in [0.2, 0.25) is 0 Å². The van der Waals surface area contributed by atoms with Gasteiger partial charge < -0.3 is 27.0 Å². The fourth-order valence-electron chi connectivity index (χ4n) is 1.17. The molecule has 114 valence electrons. The van der Waals surface area contributed by atoms with Crippen LogP contribution in [0.25, 0.3) is 0 Å². The topological polar surface area (TPSA) is 176 Å². The third-order valence-corrected chi connectivity index (χ3v) is 2.90. The SMILES string of the molecule is NCC(=O)OC(=O)[C@@H](N)C(S)C(=O)[C@@H](N)CCC(=O)O. The smallest absolute Gasteiger partial charge is 0.332 e. The number of carbonyl (C=O) groups is 4. The highest BCUT2D eigenvalue weighted by atomic mass is 32.1. The Kier molecular flexibility index (Phi) is 7.99. The number of ketones is 1. The molecule has 0 bridgehead atoms. The molecule has 3 atom stereocenters. The first kappa shape index (κ1) is 18.5. The second-order valence-corrected chi connectivity index (χ2v) is 4.47. The van der Waals surface area contributed by atoms with Gasteiger partial charge in [0.15, 0.2) is 5.78 Å². The molecule has 0 amide bonds. The number of thiol groups is 1. The molecule has 20 heavy (non-hydrogen) atoms. The van der Waals surface area contributed by atoms with Crippen molar-refractivity contribution in [2.75, 3.05) is 6.54 Å². The molecule has 0 rings (SSSR count). The van der Waals surface area contributed by atoms with Gasteiger partial charge in [0.05, 0.1) is 17.8 Å². The van der Waals surface area contributed by atoms with Crippen LogP contribution in [0.15, 0.2) is 0 Å². The first-order chi connectivity index (χ1) is 9.20. The van der Waals surface area contributed by atoms with Crippen molar-refractivity contribution in [2.45, 2.75) is 30.2 Å². The van der Waals surface area contributed by atoms with E-state index in [1.165, 1.54) is 0 Å². The number of carbonyl (C=O) groups excluding carboxylic acids is 3. The third kappa shape index (κ3) is 6.10. The van der Waals surface area contributed by atoms with E-state index in [0.29, 0.717) is 0 Å². The van der Waals surface area contributed by atoms with E-state index in [2.05, 4.69) is 17.4 Å². The second kappa shape index (κ2) is 8.64. The maximum Gasteiger partial charge on any atom is 0.332 e. The molecule has 0 aliphatic heterocycles. The van der Waals surface area contributed by atoms with E-state index in [1.54, 1.807) is 0 Å². The monoisotopic (exact) mass is 307 g/mol. The summed E-state index contributed by atoms with van der Waals surface area (Å²) in [6, 6.07) is -2.63. The molecular formula is C10H17N3O6S. The van der Waals surface area contributed by atoms with Crippen molar-refractivity contribution in [1.29, 1.82) is 0 Å². The van der Waals surface area contributed by atoms with Gasteiger partial charge in [-0.05, 0) is 6.42 Å². The molecule has 0 fully saturated rings. The Balaban J connectivity index is 4.51. The first-order valence-corrected chi connectivity index (χ1v) is 6.11. The highest BCUT2D eigenvalue weighted by molar-refractivity contribution is 7.82. The van der Waals surface area contributed by atoms with Crippen LogP contribution in [-0.2, 0) is 23.9 Å². The van der Waals surface area contributed by atoms with E-state index in [0.717, 1.165) is 0 Å². The largest absolute Gasteiger partial charge is 0.481 e. The van der Waals surface area contributed by atoms with Gasteiger partial charge in [0.1, 0.15) is 6.04 Å². The van der Waals surface area contributed by atoms with E-state index in [-0.39, 0.29) is 12.8 Å². The maximum absolute atomic E-state index is 11.8. The lowest BCUT2D eigenvalue weighted by atomic mass is 10.0. The molecule has 1 unspecified atom stereocenters. The van der Waals surface area contributed by atoms with Gasteiger partial charge in [-0.2, -0.15) is 12.6 Å². The number of carboxylic acid groups (broad SMARTS) is 1. The molecule has 0 heterocycles. The van der Waals surface area contributed by atoms with Gasteiger partial charge in [-0.3, -0.25) is 14.4 Å². The first-order valence-electron chi connectivity index (χ1n) is 5.60. The van der Waals surface area contributed by atoms with Gasteiger partial charge >= 0.3 is 17.9 Å². The van der Waals surface area contributed by atoms with E-state index in [4.69, 9.17) is 22.3 Å². The Morgan fingerprint density at radius 2 is 1.75 bits per heavy atom. The van der Waals surface area contributed by atoms with Crippen molar-refractivity contribution in [3.05, 3.63) is 0 Å². The molecule has 0 aromatic carbocycles. The molecule has 0 saturated carbocycles. The van der Waals surface area contributed by atoms with Crippen LogP contribution >= 0.6 is 12.6 Å². The minimum Gasteiger partial charge on any atom is -0.481 e. The lowest BCUT2D eigenvalue weighted by Gasteiger charge is -2.19. The molecule has 7 N–H and O–H groups in total. The van der Waals surface area contributed by atoms with Crippen molar-refractivity contribution < 1.29 is 29.0 Å². The number of hydrogen-bond acceptors (Lipinski definition) is 9. The minimum absolute atomic E-state index is 0.116. The molecule has 0 aliphatic rings. The van der Waals surface area contributed by atoms with Crippen molar-refractivity contribution in [2.24, 2.45) is 17.2 Å². The molecule has 10 heteroatoms. The molecule has 0 aromatic rings. The Bertz CT molecular complexity index is 402. The summed E-state index contributed by atoms with van der Waals surface area (Å²) >= 11 is 3.85. The van der Waals surface area contributed by atoms with Gasteiger partial charge in [-0.25, -0.2) is 4.79 Å². The summed E-state index contributed by atoms with van der Waals surface area (Å²) in [5.74, 6) is -3.96. The van der Waals surface area contributed by atoms with Crippen molar-refractivity contribution in [1.82, 2.24) is 0 Å². The Morgan fingerprint density at radius 3 is 2.20 bits per heavy atom. The van der Waals surface area contributed by atoms with Gasteiger partial charge in [-0.1, -0.05) is 0 Å². The summed E-state index contributed by atoms with van der Waals surface area (Å²) in [6.07, 6.45) is -0.423. The number of rotatable bonds is 8. The predicted octanol–water partition coefficient (Wildman–Crippen LogP) is -2.60. The summed E-state index contributed by atoms with van der Waals surface area (Å²) in [5, 5.41) is 7.16. The van der Waals surface area contributed by atoms with Crippen LogP contribution < -0.4 is 17.2 Å². The number of Topliss-reactive ketones (excluding diaryl/α,β-unsaturated/α-hetero) is 1. The number of ether oxygens (including phenoxy) is 1. The average molecular weight is 307 g/mol. The van der Waals surface area contributed by atoms with Crippen molar-refractivity contribution in [3.8, 4) is 0 Å². The van der Waals surface area contributed by atoms with Crippen LogP contribution in [0.3, 0.4) is 0 Å². The Morgan fingerprint density at radius 1 is 1.20 bits per heavy atom. The maximum atomic E-state index is 11.8. The highest BCUT2D eigenvalue weighted by Gasteiger charge is 2.32. The third-order valence-electron chi connectivity index (χ3n) is 2.32. The quantitative estimate of drug-likeness (QED) is 0.183. The Labute approximate surface area is 120 Å². The predicted molar refractivity (Wildman–Crippen MR) is 70.8 cm³/mol. The number of hydrogen-bond donors (Lipinski definition) is 5. The highest BCUT2D eigenvalue weighted by Crippen LogP contribution is 2.09. The van der Waals surface area contributed by atoms with Gasteiger partial charge in [0.2, 0.25) is 0 Å². The van der Waals surface area contributed by atoms with E-state index >= 15 is 0 Å². The van der Waals surface area contributed by atoms with Crippen molar-refractivity contribution >= 4 is 36.3 Å². The van der Waals surface area contributed by atoms with Crippen LogP contribution in [0, 0.1) is 0 Å². The minimum atomic E-state index is -1.50. The fourth-order valence-corrected chi connectivity index (χ4v) is 1.48. The Hall–Kier alpha value is -1.49. The van der Waals surface area contributed by atoms with Gasteiger partial charge in [0, 0.05) is 6.42 Å².